The van der Waals surface area contributed by atoms with E-state index in [1.165, 1.54) is 19.3 Å². The molecular formula is C8H15N. The molecule has 0 radical (unpaired) electrons. The molecule has 0 heterocycles. The third-order valence-electron chi connectivity index (χ3n) is 2.19. The summed E-state index contributed by atoms with van der Waals surface area (Å²) in [5.41, 5.74) is 5.92. The summed E-state index contributed by atoms with van der Waals surface area (Å²) >= 11 is 0. The molecule has 0 aromatic heterocycles. The molecule has 1 fully saturated rings. The molecule has 0 amide bonds. The standard InChI is InChI=1S/C8H15N/c1-2-8(9)6-4-3-5-7-8/h2H,1,3-7,9H2. The average molecular weight is 125 g/mol. The Hall–Kier alpha value is -0.300. The van der Waals surface area contributed by atoms with Crippen LogP contribution in [0.5, 0.6) is 0 Å². The predicted octanol–water partition coefficient (Wildman–Crippen LogP) is 1.83. The van der Waals surface area contributed by atoms with Gasteiger partial charge in [-0.1, -0.05) is 25.3 Å². The van der Waals surface area contributed by atoms with E-state index in [1.807, 2.05) is 6.08 Å². The molecule has 0 aromatic carbocycles. The van der Waals surface area contributed by atoms with Gasteiger partial charge in [0.1, 0.15) is 0 Å². The lowest BCUT2D eigenvalue weighted by Crippen LogP contribution is -2.38. The van der Waals surface area contributed by atoms with Crippen LogP contribution in [0.1, 0.15) is 32.1 Å². The molecule has 0 unspecified atom stereocenters. The molecule has 0 atom stereocenters. The van der Waals surface area contributed by atoms with Crippen molar-refractivity contribution in [2.75, 3.05) is 0 Å². The molecule has 0 aromatic rings. The fourth-order valence-electron chi connectivity index (χ4n) is 1.41. The largest absolute Gasteiger partial charge is 0.322 e. The number of hydrogen-bond acceptors (Lipinski definition) is 1. The number of hydrogen-bond donors (Lipinski definition) is 1. The van der Waals surface area contributed by atoms with Crippen molar-refractivity contribution in [1.29, 1.82) is 0 Å². The van der Waals surface area contributed by atoms with Gasteiger partial charge in [-0.25, -0.2) is 0 Å². The Morgan fingerprint density at radius 1 is 1.22 bits per heavy atom. The van der Waals surface area contributed by atoms with Crippen LogP contribution in [-0.2, 0) is 0 Å². The van der Waals surface area contributed by atoms with Crippen LogP contribution in [0.15, 0.2) is 12.7 Å². The molecule has 0 saturated heterocycles. The Kier molecular flexibility index (Phi) is 1.91. The van der Waals surface area contributed by atoms with Crippen molar-refractivity contribution in [2.24, 2.45) is 5.73 Å². The molecule has 1 aliphatic carbocycles. The third kappa shape index (κ3) is 1.55. The highest BCUT2D eigenvalue weighted by Gasteiger charge is 2.22. The minimum absolute atomic E-state index is 0.0156. The van der Waals surface area contributed by atoms with Gasteiger partial charge in [0.2, 0.25) is 0 Å². The summed E-state index contributed by atoms with van der Waals surface area (Å²) in [7, 11) is 0. The van der Waals surface area contributed by atoms with E-state index >= 15 is 0 Å². The quantitative estimate of drug-likeness (QED) is 0.532. The second-order valence-corrected chi connectivity index (χ2v) is 3.00. The Morgan fingerprint density at radius 2 is 1.78 bits per heavy atom. The molecule has 1 heteroatoms. The zero-order chi connectivity index (χ0) is 6.74. The van der Waals surface area contributed by atoms with Crippen LogP contribution in [0.25, 0.3) is 0 Å². The van der Waals surface area contributed by atoms with E-state index in [0.717, 1.165) is 12.8 Å². The van der Waals surface area contributed by atoms with Gasteiger partial charge < -0.3 is 5.73 Å². The monoisotopic (exact) mass is 125 g/mol. The average Bonchev–Trinajstić information content (AvgIpc) is 1.90. The zero-order valence-corrected chi connectivity index (χ0v) is 5.90. The van der Waals surface area contributed by atoms with Crippen LogP contribution >= 0.6 is 0 Å². The van der Waals surface area contributed by atoms with E-state index in [9.17, 15) is 0 Å². The van der Waals surface area contributed by atoms with Gasteiger partial charge in [-0.05, 0) is 12.8 Å². The fraction of sp³-hybridized carbons (Fsp3) is 0.750. The molecule has 1 rings (SSSR count). The molecule has 0 spiro atoms. The molecule has 0 aliphatic heterocycles. The maximum absolute atomic E-state index is 5.94. The smallest absolute Gasteiger partial charge is 0.0336 e. The van der Waals surface area contributed by atoms with Crippen molar-refractivity contribution in [3.8, 4) is 0 Å². The van der Waals surface area contributed by atoms with E-state index in [1.54, 1.807) is 0 Å². The van der Waals surface area contributed by atoms with Gasteiger partial charge in [-0.15, -0.1) is 6.58 Å². The molecule has 0 bridgehead atoms. The minimum atomic E-state index is -0.0156. The number of rotatable bonds is 1. The van der Waals surface area contributed by atoms with Gasteiger partial charge in [-0.3, -0.25) is 0 Å². The van der Waals surface area contributed by atoms with E-state index < -0.39 is 0 Å². The lowest BCUT2D eigenvalue weighted by molar-refractivity contribution is 0.359. The summed E-state index contributed by atoms with van der Waals surface area (Å²) in [5, 5.41) is 0. The Morgan fingerprint density at radius 3 is 2.11 bits per heavy atom. The normalized spacial score (nSPS) is 25.4. The molecule has 52 valence electrons. The van der Waals surface area contributed by atoms with E-state index in [0.29, 0.717) is 0 Å². The van der Waals surface area contributed by atoms with Gasteiger partial charge in [0.15, 0.2) is 0 Å². The highest BCUT2D eigenvalue weighted by atomic mass is 14.7. The van der Waals surface area contributed by atoms with Crippen LogP contribution in [-0.4, -0.2) is 5.54 Å². The van der Waals surface area contributed by atoms with E-state index in [-0.39, 0.29) is 5.54 Å². The molecule has 1 nitrogen and oxygen atoms in total. The first-order valence-corrected chi connectivity index (χ1v) is 3.69. The second-order valence-electron chi connectivity index (χ2n) is 3.00. The predicted molar refractivity (Wildman–Crippen MR) is 40.2 cm³/mol. The Balaban J connectivity index is 2.46. The van der Waals surface area contributed by atoms with Crippen LogP contribution in [0.3, 0.4) is 0 Å². The molecule has 1 saturated carbocycles. The van der Waals surface area contributed by atoms with E-state index in [4.69, 9.17) is 5.73 Å². The van der Waals surface area contributed by atoms with Crippen LogP contribution in [0, 0.1) is 0 Å². The van der Waals surface area contributed by atoms with Gasteiger partial charge in [0.25, 0.3) is 0 Å². The SMILES string of the molecule is C=CC1(N)CCCCC1. The summed E-state index contributed by atoms with van der Waals surface area (Å²) in [5.74, 6) is 0. The first-order chi connectivity index (χ1) is 4.27. The summed E-state index contributed by atoms with van der Waals surface area (Å²) in [6.07, 6.45) is 8.09. The van der Waals surface area contributed by atoms with Gasteiger partial charge in [-0.2, -0.15) is 0 Å². The van der Waals surface area contributed by atoms with Crippen molar-refractivity contribution in [3.63, 3.8) is 0 Å². The van der Waals surface area contributed by atoms with Gasteiger partial charge >= 0.3 is 0 Å². The molecule has 2 N–H and O–H groups in total. The highest BCUT2D eigenvalue weighted by Crippen LogP contribution is 2.25. The Bertz CT molecular complexity index is 101. The van der Waals surface area contributed by atoms with Crippen LogP contribution in [0.4, 0.5) is 0 Å². The molecular weight excluding hydrogens is 110 g/mol. The van der Waals surface area contributed by atoms with E-state index in [2.05, 4.69) is 6.58 Å². The second kappa shape index (κ2) is 2.53. The van der Waals surface area contributed by atoms with Crippen molar-refractivity contribution in [2.45, 2.75) is 37.6 Å². The van der Waals surface area contributed by atoms with Gasteiger partial charge in [0.05, 0.1) is 0 Å². The van der Waals surface area contributed by atoms with Crippen LogP contribution in [0.2, 0.25) is 0 Å². The van der Waals surface area contributed by atoms with Crippen molar-refractivity contribution in [3.05, 3.63) is 12.7 Å². The van der Waals surface area contributed by atoms with Gasteiger partial charge in [0, 0.05) is 5.54 Å². The maximum Gasteiger partial charge on any atom is 0.0336 e. The summed E-state index contributed by atoms with van der Waals surface area (Å²) in [6.45, 7) is 3.73. The molecule has 1 aliphatic rings. The Labute approximate surface area is 56.9 Å². The lowest BCUT2D eigenvalue weighted by Gasteiger charge is -2.29. The highest BCUT2D eigenvalue weighted by molar-refractivity contribution is 5.01. The first-order valence-electron chi connectivity index (χ1n) is 3.69. The summed E-state index contributed by atoms with van der Waals surface area (Å²) in [6, 6.07) is 0. The minimum Gasteiger partial charge on any atom is -0.322 e. The van der Waals surface area contributed by atoms with Crippen LogP contribution < -0.4 is 5.73 Å². The first kappa shape index (κ1) is 6.81. The topological polar surface area (TPSA) is 26.0 Å². The molecule has 9 heavy (non-hydrogen) atoms. The third-order valence-corrected chi connectivity index (χ3v) is 2.19. The zero-order valence-electron chi connectivity index (χ0n) is 5.90. The lowest BCUT2D eigenvalue weighted by atomic mass is 9.83. The number of nitrogens with two attached hydrogens (primary N) is 1. The van der Waals surface area contributed by atoms with Crippen molar-refractivity contribution < 1.29 is 0 Å². The maximum atomic E-state index is 5.94. The summed E-state index contributed by atoms with van der Waals surface area (Å²) < 4.78 is 0. The van der Waals surface area contributed by atoms with Crippen molar-refractivity contribution in [1.82, 2.24) is 0 Å². The van der Waals surface area contributed by atoms with Crippen molar-refractivity contribution >= 4 is 0 Å². The fourth-order valence-corrected chi connectivity index (χ4v) is 1.41. The summed E-state index contributed by atoms with van der Waals surface area (Å²) in [4.78, 5) is 0.